The molecule has 0 aliphatic heterocycles. The molecule has 0 saturated heterocycles. The smallest absolute Gasteiger partial charge is 0.321 e. The zero-order valence-corrected chi connectivity index (χ0v) is 11.1. The number of nitrogens with zero attached hydrogens (tertiary/aromatic N) is 2. The Balaban J connectivity index is 2.62. The minimum atomic E-state index is -0.163. The van der Waals surface area contributed by atoms with E-state index in [1.165, 1.54) is 0 Å². The van der Waals surface area contributed by atoms with Crippen LogP contribution in [0.15, 0.2) is 24.3 Å². The van der Waals surface area contributed by atoms with Crippen molar-refractivity contribution in [3.05, 3.63) is 29.8 Å². The minimum absolute atomic E-state index is 0.159. The maximum absolute atomic E-state index is 12.0. The molecular formula is C14H19N3O. The summed E-state index contributed by atoms with van der Waals surface area (Å²) in [6.45, 7) is 6.74. The number of hydrogen-bond donors (Lipinski definition) is 1. The number of aryl methyl sites for hydroxylation is 1. The lowest BCUT2D eigenvalue weighted by Gasteiger charge is -2.22. The number of benzene rings is 1. The fourth-order valence-corrected chi connectivity index (χ4v) is 1.57. The van der Waals surface area contributed by atoms with Gasteiger partial charge in [-0.25, -0.2) is 4.79 Å². The van der Waals surface area contributed by atoms with Crippen molar-refractivity contribution in [2.45, 2.75) is 20.8 Å². The van der Waals surface area contributed by atoms with Crippen molar-refractivity contribution in [3.63, 3.8) is 0 Å². The summed E-state index contributed by atoms with van der Waals surface area (Å²) in [7, 11) is 0. The second-order valence-corrected chi connectivity index (χ2v) is 4.36. The van der Waals surface area contributed by atoms with Gasteiger partial charge in [0.15, 0.2) is 0 Å². The fraction of sp³-hybridized carbons (Fsp3) is 0.429. The first-order valence-electron chi connectivity index (χ1n) is 6.09. The van der Waals surface area contributed by atoms with Crippen LogP contribution in [0.1, 0.15) is 19.4 Å². The van der Waals surface area contributed by atoms with Gasteiger partial charge in [-0.05, 0) is 32.9 Å². The highest BCUT2D eigenvalue weighted by Gasteiger charge is 2.14. The number of urea groups is 1. The molecular weight excluding hydrogens is 226 g/mol. The Morgan fingerprint density at radius 1 is 1.44 bits per heavy atom. The highest BCUT2D eigenvalue weighted by molar-refractivity contribution is 5.89. The molecule has 1 aromatic carbocycles. The van der Waals surface area contributed by atoms with Gasteiger partial charge in [0, 0.05) is 18.8 Å². The lowest BCUT2D eigenvalue weighted by atomic mass is 10.2. The molecule has 0 aromatic heterocycles. The van der Waals surface area contributed by atoms with Gasteiger partial charge in [0.05, 0.1) is 12.0 Å². The molecule has 0 fully saturated rings. The van der Waals surface area contributed by atoms with Gasteiger partial charge in [-0.15, -0.1) is 0 Å². The summed E-state index contributed by atoms with van der Waals surface area (Å²) in [6, 6.07) is 9.61. The van der Waals surface area contributed by atoms with Crippen LogP contribution in [0.5, 0.6) is 0 Å². The summed E-state index contributed by atoms with van der Waals surface area (Å²) in [5, 5.41) is 11.6. The van der Waals surface area contributed by atoms with Crippen molar-refractivity contribution >= 4 is 11.7 Å². The topological polar surface area (TPSA) is 56.1 Å². The molecule has 1 unspecified atom stereocenters. The first kappa shape index (κ1) is 14.0. The van der Waals surface area contributed by atoms with E-state index in [0.717, 1.165) is 11.3 Å². The lowest BCUT2D eigenvalue weighted by molar-refractivity contribution is 0.210. The molecule has 0 aliphatic rings. The number of carbonyl (C=O) groups is 1. The van der Waals surface area contributed by atoms with Crippen molar-refractivity contribution in [1.29, 1.82) is 5.26 Å². The maximum Gasteiger partial charge on any atom is 0.321 e. The van der Waals surface area contributed by atoms with E-state index < -0.39 is 0 Å². The molecule has 1 rings (SSSR count). The SMILES string of the molecule is CCN(CC(C)C#N)C(=O)Nc1ccc(C)cc1. The summed E-state index contributed by atoms with van der Waals surface area (Å²) >= 11 is 0. The Kier molecular flexibility index (Phi) is 5.19. The molecule has 18 heavy (non-hydrogen) atoms. The number of rotatable bonds is 4. The van der Waals surface area contributed by atoms with Crippen LogP contribution in [0.2, 0.25) is 0 Å². The summed E-state index contributed by atoms with van der Waals surface area (Å²) in [4.78, 5) is 13.6. The van der Waals surface area contributed by atoms with Crippen molar-refractivity contribution in [2.75, 3.05) is 18.4 Å². The summed E-state index contributed by atoms with van der Waals surface area (Å²) in [5.41, 5.74) is 1.92. The van der Waals surface area contributed by atoms with Gasteiger partial charge in [-0.2, -0.15) is 5.26 Å². The Bertz CT molecular complexity index is 433. The Labute approximate surface area is 108 Å². The summed E-state index contributed by atoms with van der Waals surface area (Å²) < 4.78 is 0. The fourth-order valence-electron chi connectivity index (χ4n) is 1.57. The van der Waals surface area contributed by atoms with Crippen molar-refractivity contribution in [2.24, 2.45) is 5.92 Å². The predicted octanol–water partition coefficient (Wildman–Crippen LogP) is 3.01. The molecule has 4 nitrogen and oxygen atoms in total. The van der Waals surface area contributed by atoms with Crippen molar-refractivity contribution in [3.8, 4) is 6.07 Å². The number of anilines is 1. The van der Waals surface area contributed by atoms with Gasteiger partial charge in [0.2, 0.25) is 0 Å². The number of nitrogens with one attached hydrogen (secondary N) is 1. The number of hydrogen-bond acceptors (Lipinski definition) is 2. The minimum Gasteiger partial charge on any atom is -0.324 e. The Morgan fingerprint density at radius 3 is 2.56 bits per heavy atom. The van der Waals surface area contributed by atoms with Crippen LogP contribution in [0, 0.1) is 24.2 Å². The number of nitriles is 1. The first-order chi connectivity index (χ1) is 8.56. The molecule has 0 bridgehead atoms. The van der Waals surface area contributed by atoms with E-state index >= 15 is 0 Å². The third-order valence-electron chi connectivity index (χ3n) is 2.69. The zero-order chi connectivity index (χ0) is 13.5. The van der Waals surface area contributed by atoms with E-state index in [1.807, 2.05) is 45.0 Å². The van der Waals surface area contributed by atoms with E-state index in [9.17, 15) is 4.79 Å². The van der Waals surface area contributed by atoms with Gasteiger partial charge < -0.3 is 10.2 Å². The largest absolute Gasteiger partial charge is 0.324 e. The van der Waals surface area contributed by atoms with Crippen LogP contribution in [0.3, 0.4) is 0 Å². The van der Waals surface area contributed by atoms with E-state index in [4.69, 9.17) is 5.26 Å². The van der Waals surface area contributed by atoms with Gasteiger partial charge in [0.1, 0.15) is 0 Å². The van der Waals surface area contributed by atoms with E-state index in [1.54, 1.807) is 4.90 Å². The molecule has 0 spiro atoms. The van der Waals surface area contributed by atoms with Gasteiger partial charge in [-0.3, -0.25) is 0 Å². The van der Waals surface area contributed by atoms with Gasteiger partial charge >= 0.3 is 6.03 Å². The van der Waals surface area contributed by atoms with E-state index in [-0.39, 0.29) is 11.9 Å². The van der Waals surface area contributed by atoms with Gasteiger partial charge in [0.25, 0.3) is 0 Å². The molecule has 0 aliphatic carbocycles. The van der Waals surface area contributed by atoms with Crippen LogP contribution in [0.25, 0.3) is 0 Å². The van der Waals surface area contributed by atoms with Crippen LogP contribution in [-0.2, 0) is 0 Å². The summed E-state index contributed by atoms with van der Waals surface area (Å²) in [5.74, 6) is -0.159. The summed E-state index contributed by atoms with van der Waals surface area (Å²) in [6.07, 6.45) is 0. The molecule has 0 radical (unpaired) electrons. The number of carbonyl (C=O) groups excluding carboxylic acids is 1. The van der Waals surface area contributed by atoms with Crippen LogP contribution in [0.4, 0.5) is 10.5 Å². The first-order valence-corrected chi connectivity index (χ1v) is 6.09. The molecule has 1 atom stereocenters. The predicted molar refractivity (Wildman–Crippen MR) is 72.2 cm³/mol. The molecule has 96 valence electrons. The Hall–Kier alpha value is -2.02. The molecule has 1 aromatic rings. The van der Waals surface area contributed by atoms with Crippen LogP contribution in [-0.4, -0.2) is 24.0 Å². The molecule has 4 heteroatoms. The average molecular weight is 245 g/mol. The maximum atomic E-state index is 12.0. The third-order valence-corrected chi connectivity index (χ3v) is 2.69. The third kappa shape index (κ3) is 4.10. The average Bonchev–Trinajstić information content (AvgIpc) is 2.38. The highest BCUT2D eigenvalue weighted by Crippen LogP contribution is 2.10. The van der Waals surface area contributed by atoms with E-state index in [2.05, 4.69) is 11.4 Å². The lowest BCUT2D eigenvalue weighted by Crippen LogP contribution is -2.37. The van der Waals surface area contributed by atoms with Crippen LogP contribution >= 0.6 is 0 Å². The zero-order valence-electron chi connectivity index (χ0n) is 11.1. The standard InChI is InChI=1S/C14H19N3O/c1-4-17(10-12(3)9-15)14(18)16-13-7-5-11(2)6-8-13/h5-8,12H,4,10H2,1-3H3,(H,16,18). The Morgan fingerprint density at radius 2 is 2.06 bits per heavy atom. The monoisotopic (exact) mass is 245 g/mol. The van der Waals surface area contributed by atoms with E-state index in [0.29, 0.717) is 13.1 Å². The second-order valence-electron chi connectivity index (χ2n) is 4.36. The van der Waals surface area contributed by atoms with Gasteiger partial charge in [-0.1, -0.05) is 17.7 Å². The van der Waals surface area contributed by atoms with Crippen molar-refractivity contribution in [1.82, 2.24) is 4.90 Å². The van der Waals surface area contributed by atoms with Crippen LogP contribution < -0.4 is 5.32 Å². The second kappa shape index (κ2) is 6.65. The highest BCUT2D eigenvalue weighted by atomic mass is 16.2. The molecule has 1 N–H and O–H groups in total. The molecule has 0 saturated carbocycles. The molecule has 2 amide bonds. The normalized spacial score (nSPS) is 11.4. The molecule has 0 heterocycles. The van der Waals surface area contributed by atoms with Crippen molar-refractivity contribution < 1.29 is 4.79 Å². The number of amides is 2. The quantitative estimate of drug-likeness (QED) is 0.886.